The van der Waals surface area contributed by atoms with Gasteiger partial charge in [-0.05, 0) is 43.9 Å². The average molecular weight is 262 g/mol. The molecule has 0 amide bonds. The lowest BCUT2D eigenvalue weighted by Gasteiger charge is -2.32. The van der Waals surface area contributed by atoms with Crippen molar-refractivity contribution < 1.29 is 4.74 Å². The Morgan fingerprint density at radius 3 is 2.95 bits per heavy atom. The van der Waals surface area contributed by atoms with E-state index in [-0.39, 0.29) is 6.10 Å². The van der Waals surface area contributed by atoms with Gasteiger partial charge in [0.1, 0.15) is 0 Å². The first-order chi connectivity index (χ1) is 9.16. The molecule has 1 N–H and O–H groups in total. The molecule has 0 aromatic carbocycles. The Balaban J connectivity index is 1.97. The maximum Gasteiger partial charge on any atom is 0.0880 e. The summed E-state index contributed by atoms with van der Waals surface area (Å²) in [7, 11) is 0. The zero-order chi connectivity index (χ0) is 13.7. The quantitative estimate of drug-likeness (QED) is 0.885. The van der Waals surface area contributed by atoms with Crippen LogP contribution in [0.4, 0.5) is 0 Å². The molecule has 1 saturated heterocycles. The molecule has 0 saturated carbocycles. The SMILES string of the molecule is Cc1ccc(C2OCCCC2CNCC(C)C)cn1. The fourth-order valence-electron chi connectivity index (χ4n) is 2.63. The van der Waals surface area contributed by atoms with Crippen molar-refractivity contribution in [3.8, 4) is 0 Å². The van der Waals surface area contributed by atoms with Gasteiger partial charge in [0.25, 0.3) is 0 Å². The van der Waals surface area contributed by atoms with E-state index in [1.807, 2.05) is 13.1 Å². The fourth-order valence-corrected chi connectivity index (χ4v) is 2.63. The third-order valence-electron chi connectivity index (χ3n) is 3.67. The van der Waals surface area contributed by atoms with E-state index >= 15 is 0 Å². The third-order valence-corrected chi connectivity index (χ3v) is 3.67. The molecule has 19 heavy (non-hydrogen) atoms. The molecule has 3 heteroatoms. The molecule has 1 aliphatic rings. The Labute approximate surface area is 116 Å². The standard InChI is InChI=1S/C16H26N2O/c1-12(2)9-17-10-14-5-4-8-19-16(14)15-7-6-13(3)18-11-15/h6-7,11-12,14,16-17H,4-5,8-10H2,1-3H3. The van der Waals surface area contributed by atoms with E-state index in [9.17, 15) is 0 Å². The monoisotopic (exact) mass is 262 g/mol. The molecule has 1 aliphatic heterocycles. The molecule has 1 aromatic heterocycles. The maximum atomic E-state index is 5.99. The van der Waals surface area contributed by atoms with Gasteiger partial charge in [0.05, 0.1) is 6.10 Å². The van der Waals surface area contributed by atoms with E-state index in [1.54, 1.807) is 0 Å². The Kier molecular flexibility index (Phi) is 5.34. The van der Waals surface area contributed by atoms with Gasteiger partial charge >= 0.3 is 0 Å². The van der Waals surface area contributed by atoms with Gasteiger partial charge in [-0.15, -0.1) is 0 Å². The van der Waals surface area contributed by atoms with E-state index in [0.29, 0.717) is 11.8 Å². The molecular formula is C16H26N2O. The van der Waals surface area contributed by atoms with Crippen LogP contribution in [0.5, 0.6) is 0 Å². The number of nitrogens with one attached hydrogen (secondary N) is 1. The summed E-state index contributed by atoms with van der Waals surface area (Å²) in [5, 5.41) is 3.57. The van der Waals surface area contributed by atoms with Crippen LogP contribution in [0.2, 0.25) is 0 Å². The van der Waals surface area contributed by atoms with E-state index in [1.165, 1.54) is 18.4 Å². The number of rotatable bonds is 5. The van der Waals surface area contributed by atoms with Crippen molar-refractivity contribution in [1.29, 1.82) is 0 Å². The summed E-state index contributed by atoms with van der Waals surface area (Å²) in [5.74, 6) is 1.26. The maximum absolute atomic E-state index is 5.99. The van der Waals surface area contributed by atoms with Crippen molar-refractivity contribution in [2.45, 2.75) is 39.7 Å². The van der Waals surface area contributed by atoms with Crippen LogP contribution in [0, 0.1) is 18.8 Å². The second-order valence-electron chi connectivity index (χ2n) is 5.98. The molecular weight excluding hydrogens is 236 g/mol. The predicted molar refractivity (Wildman–Crippen MR) is 78.1 cm³/mol. The van der Waals surface area contributed by atoms with Crippen LogP contribution in [-0.2, 0) is 4.74 Å². The number of hydrogen-bond donors (Lipinski definition) is 1. The minimum Gasteiger partial charge on any atom is -0.373 e. The van der Waals surface area contributed by atoms with Gasteiger partial charge in [-0.2, -0.15) is 0 Å². The second kappa shape index (κ2) is 7.01. The fraction of sp³-hybridized carbons (Fsp3) is 0.688. The largest absolute Gasteiger partial charge is 0.373 e. The molecule has 3 nitrogen and oxygen atoms in total. The van der Waals surface area contributed by atoms with Crippen molar-refractivity contribution in [3.05, 3.63) is 29.6 Å². The Hall–Kier alpha value is -0.930. The topological polar surface area (TPSA) is 34.1 Å². The highest BCUT2D eigenvalue weighted by Crippen LogP contribution is 2.32. The van der Waals surface area contributed by atoms with Crippen molar-refractivity contribution >= 4 is 0 Å². The van der Waals surface area contributed by atoms with Gasteiger partial charge in [0, 0.05) is 31.0 Å². The van der Waals surface area contributed by atoms with E-state index < -0.39 is 0 Å². The smallest absolute Gasteiger partial charge is 0.0880 e. The molecule has 2 heterocycles. The van der Waals surface area contributed by atoms with Crippen LogP contribution in [0.25, 0.3) is 0 Å². The first-order valence-electron chi connectivity index (χ1n) is 7.41. The Bertz CT molecular complexity index is 375. The van der Waals surface area contributed by atoms with Gasteiger partial charge in [0.15, 0.2) is 0 Å². The normalized spacial score (nSPS) is 23.8. The summed E-state index contributed by atoms with van der Waals surface area (Å²) in [6, 6.07) is 4.24. The lowest BCUT2D eigenvalue weighted by Crippen LogP contribution is -2.33. The van der Waals surface area contributed by atoms with Crippen molar-refractivity contribution in [1.82, 2.24) is 10.3 Å². The lowest BCUT2D eigenvalue weighted by molar-refractivity contribution is -0.0280. The van der Waals surface area contributed by atoms with Crippen LogP contribution < -0.4 is 5.32 Å². The van der Waals surface area contributed by atoms with Gasteiger partial charge in [-0.1, -0.05) is 19.9 Å². The summed E-state index contributed by atoms with van der Waals surface area (Å²) in [4.78, 5) is 4.40. The number of nitrogens with zero attached hydrogens (tertiary/aromatic N) is 1. The number of hydrogen-bond acceptors (Lipinski definition) is 3. The van der Waals surface area contributed by atoms with Gasteiger partial charge in [-0.25, -0.2) is 0 Å². The Morgan fingerprint density at radius 1 is 1.42 bits per heavy atom. The highest BCUT2D eigenvalue weighted by Gasteiger charge is 2.27. The average Bonchev–Trinajstić information content (AvgIpc) is 2.40. The number of aromatic nitrogens is 1. The molecule has 2 atom stereocenters. The second-order valence-corrected chi connectivity index (χ2v) is 5.98. The molecule has 1 aromatic rings. The summed E-state index contributed by atoms with van der Waals surface area (Å²) >= 11 is 0. The van der Waals surface area contributed by atoms with Crippen LogP contribution in [0.3, 0.4) is 0 Å². The molecule has 106 valence electrons. The minimum absolute atomic E-state index is 0.210. The third kappa shape index (κ3) is 4.29. The summed E-state index contributed by atoms with van der Waals surface area (Å²) in [6.07, 6.45) is 4.59. The first-order valence-corrected chi connectivity index (χ1v) is 7.41. The van der Waals surface area contributed by atoms with Crippen LogP contribution in [0.15, 0.2) is 18.3 Å². The minimum atomic E-state index is 0.210. The first kappa shape index (κ1) is 14.5. The van der Waals surface area contributed by atoms with E-state index in [0.717, 1.165) is 25.4 Å². The summed E-state index contributed by atoms with van der Waals surface area (Å²) < 4.78 is 5.99. The highest BCUT2D eigenvalue weighted by atomic mass is 16.5. The summed E-state index contributed by atoms with van der Waals surface area (Å²) in [6.45, 7) is 9.50. The lowest BCUT2D eigenvalue weighted by atomic mass is 9.90. The van der Waals surface area contributed by atoms with Crippen molar-refractivity contribution in [2.75, 3.05) is 19.7 Å². The predicted octanol–water partition coefficient (Wildman–Crippen LogP) is 3.10. The molecule has 0 aliphatic carbocycles. The number of pyridine rings is 1. The zero-order valence-electron chi connectivity index (χ0n) is 12.4. The van der Waals surface area contributed by atoms with Crippen LogP contribution >= 0.6 is 0 Å². The van der Waals surface area contributed by atoms with E-state index in [4.69, 9.17) is 4.74 Å². The number of aryl methyl sites for hydroxylation is 1. The van der Waals surface area contributed by atoms with Gasteiger partial charge in [0.2, 0.25) is 0 Å². The van der Waals surface area contributed by atoms with Gasteiger partial charge in [-0.3, -0.25) is 4.98 Å². The molecule has 2 unspecified atom stereocenters. The van der Waals surface area contributed by atoms with Crippen LogP contribution in [-0.4, -0.2) is 24.7 Å². The molecule has 1 fully saturated rings. The molecule has 0 radical (unpaired) electrons. The van der Waals surface area contributed by atoms with Gasteiger partial charge < -0.3 is 10.1 Å². The van der Waals surface area contributed by atoms with Crippen molar-refractivity contribution in [3.63, 3.8) is 0 Å². The highest BCUT2D eigenvalue weighted by molar-refractivity contribution is 5.17. The molecule has 0 spiro atoms. The molecule has 2 rings (SSSR count). The van der Waals surface area contributed by atoms with E-state index in [2.05, 4.69) is 36.3 Å². The Morgan fingerprint density at radius 2 is 2.26 bits per heavy atom. The van der Waals surface area contributed by atoms with Crippen molar-refractivity contribution in [2.24, 2.45) is 11.8 Å². The summed E-state index contributed by atoms with van der Waals surface area (Å²) in [5.41, 5.74) is 2.29. The zero-order valence-corrected chi connectivity index (χ0v) is 12.4. The van der Waals surface area contributed by atoms with Crippen LogP contribution in [0.1, 0.15) is 44.1 Å². The number of ether oxygens (including phenoxy) is 1. The molecule has 0 bridgehead atoms.